The second kappa shape index (κ2) is 5.17. The summed E-state index contributed by atoms with van der Waals surface area (Å²) in [6.45, 7) is 0. The molecule has 0 N–H and O–H groups in total. The van der Waals surface area contributed by atoms with Crippen LogP contribution in [0.15, 0.2) is 58.3 Å². The molecule has 1 aliphatic rings. The van der Waals surface area contributed by atoms with E-state index in [0.29, 0.717) is 0 Å². The van der Waals surface area contributed by atoms with Gasteiger partial charge < -0.3 is 4.90 Å². The summed E-state index contributed by atoms with van der Waals surface area (Å²) in [7, 11) is 4.03. The molecule has 20 heavy (non-hydrogen) atoms. The van der Waals surface area contributed by atoms with Crippen molar-refractivity contribution in [1.82, 2.24) is 0 Å². The van der Waals surface area contributed by atoms with E-state index in [2.05, 4.69) is 17.0 Å². The average Bonchev–Trinajstić information content (AvgIpc) is 2.77. The first-order valence-electron chi connectivity index (χ1n) is 6.46. The highest BCUT2D eigenvalue weighted by molar-refractivity contribution is 8.04. The number of benzene rings is 2. The maximum absolute atomic E-state index is 12.3. The van der Waals surface area contributed by atoms with Crippen LogP contribution in [0.2, 0.25) is 0 Å². The topological polar surface area (TPSA) is 20.3 Å². The number of carbonyl (C=O) groups is 1. The highest BCUT2D eigenvalue weighted by Crippen LogP contribution is 2.40. The summed E-state index contributed by atoms with van der Waals surface area (Å²) < 4.78 is 0. The zero-order valence-electron chi connectivity index (χ0n) is 11.5. The number of rotatable bonds is 2. The van der Waals surface area contributed by atoms with Crippen molar-refractivity contribution >= 4 is 29.3 Å². The number of carbonyl (C=O) groups excluding carboxylic acids is 1. The minimum absolute atomic E-state index is 0.127. The number of Topliss-reactive ketones (excluding diaryl/α,β-unsaturated/α-hetero) is 1. The molecule has 2 aromatic carbocycles. The molecule has 0 bridgehead atoms. The Kier molecular flexibility index (Phi) is 3.36. The maximum atomic E-state index is 12.3. The number of anilines is 1. The van der Waals surface area contributed by atoms with E-state index in [0.717, 1.165) is 26.6 Å². The number of hydrogen-bond acceptors (Lipinski definition) is 3. The number of hydrogen-bond donors (Lipinski definition) is 0. The monoisotopic (exact) mass is 281 g/mol. The Morgan fingerprint density at radius 3 is 2.35 bits per heavy atom. The smallest absolute Gasteiger partial charge is 0.200 e. The zero-order valence-corrected chi connectivity index (χ0v) is 12.3. The lowest BCUT2D eigenvalue weighted by molar-refractivity contribution is 0.104. The van der Waals surface area contributed by atoms with Gasteiger partial charge in [-0.1, -0.05) is 36.0 Å². The highest BCUT2D eigenvalue weighted by atomic mass is 32.2. The summed E-state index contributed by atoms with van der Waals surface area (Å²) in [5.41, 5.74) is 3.02. The first kappa shape index (κ1) is 13.0. The van der Waals surface area contributed by atoms with Crippen molar-refractivity contribution in [3.05, 3.63) is 64.6 Å². The summed E-state index contributed by atoms with van der Waals surface area (Å²) in [5, 5.41) is 0. The molecule has 2 nitrogen and oxygen atoms in total. The Morgan fingerprint density at radius 1 is 1.00 bits per heavy atom. The van der Waals surface area contributed by atoms with E-state index in [1.807, 2.05) is 56.6 Å². The summed E-state index contributed by atoms with van der Waals surface area (Å²) in [6, 6.07) is 16.0. The Morgan fingerprint density at radius 2 is 1.70 bits per heavy atom. The molecule has 0 amide bonds. The van der Waals surface area contributed by atoms with Gasteiger partial charge >= 0.3 is 0 Å². The van der Waals surface area contributed by atoms with Gasteiger partial charge in [-0.2, -0.15) is 0 Å². The first-order valence-corrected chi connectivity index (χ1v) is 7.27. The van der Waals surface area contributed by atoms with Gasteiger partial charge in [0, 0.05) is 30.2 Å². The van der Waals surface area contributed by atoms with Crippen LogP contribution in [0.4, 0.5) is 5.69 Å². The van der Waals surface area contributed by atoms with Gasteiger partial charge in [0.25, 0.3) is 0 Å². The second-order valence-electron chi connectivity index (χ2n) is 4.92. The molecule has 0 atom stereocenters. The van der Waals surface area contributed by atoms with Gasteiger partial charge in [0.05, 0.1) is 4.91 Å². The molecule has 0 unspecified atom stereocenters. The number of thioether (sulfide) groups is 1. The molecule has 0 aromatic heterocycles. The predicted octanol–water partition coefficient (Wildman–Crippen LogP) is 4.08. The number of ketones is 1. The van der Waals surface area contributed by atoms with Crippen molar-refractivity contribution in [2.24, 2.45) is 0 Å². The Hall–Kier alpha value is -2.00. The summed E-state index contributed by atoms with van der Waals surface area (Å²) >= 11 is 1.55. The normalized spacial score (nSPS) is 15.5. The molecule has 1 heterocycles. The van der Waals surface area contributed by atoms with Gasteiger partial charge in [-0.15, -0.1) is 0 Å². The lowest BCUT2D eigenvalue weighted by Crippen LogP contribution is -2.07. The van der Waals surface area contributed by atoms with E-state index in [4.69, 9.17) is 0 Å². The van der Waals surface area contributed by atoms with Crippen molar-refractivity contribution in [2.45, 2.75) is 4.90 Å². The van der Waals surface area contributed by atoms with Crippen LogP contribution in [0.25, 0.3) is 6.08 Å². The van der Waals surface area contributed by atoms with Gasteiger partial charge in [0.15, 0.2) is 0 Å². The van der Waals surface area contributed by atoms with E-state index in [1.165, 1.54) is 0 Å². The van der Waals surface area contributed by atoms with E-state index in [1.54, 1.807) is 11.8 Å². The molecule has 1 aliphatic heterocycles. The van der Waals surface area contributed by atoms with Crippen molar-refractivity contribution in [2.75, 3.05) is 19.0 Å². The highest BCUT2D eigenvalue weighted by Gasteiger charge is 2.24. The van der Waals surface area contributed by atoms with Crippen molar-refractivity contribution in [3.8, 4) is 0 Å². The van der Waals surface area contributed by atoms with Crippen LogP contribution in [0.5, 0.6) is 0 Å². The summed E-state index contributed by atoms with van der Waals surface area (Å²) in [6.07, 6.45) is 1.96. The third-order valence-electron chi connectivity index (χ3n) is 3.28. The molecule has 0 spiro atoms. The third kappa shape index (κ3) is 2.37. The van der Waals surface area contributed by atoms with Gasteiger partial charge in [-0.05, 0) is 35.9 Å². The lowest BCUT2D eigenvalue weighted by atomic mass is 10.1. The maximum Gasteiger partial charge on any atom is 0.200 e. The molecule has 3 rings (SSSR count). The zero-order chi connectivity index (χ0) is 14.1. The van der Waals surface area contributed by atoms with Crippen LogP contribution in [0.3, 0.4) is 0 Å². The number of nitrogens with zero attached hydrogens (tertiary/aromatic N) is 1. The fourth-order valence-electron chi connectivity index (χ4n) is 2.16. The quantitative estimate of drug-likeness (QED) is 0.774. The first-order chi connectivity index (χ1) is 9.65. The summed E-state index contributed by atoms with van der Waals surface area (Å²) in [5.74, 6) is 0.127. The second-order valence-corrected chi connectivity index (χ2v) is 6.01. The van der Waals surface area contributed by atoms with Gasteiger partial charge in [0.2, 0.25) is 5.78 Å². The fraction of sp³-hybridized carbons (Fsp3) is 0.118. The summed E-state index contributed by atoms with van der Waals surface area (Å²) in [4.78, 5) is 16.2. The lowest BCUT2D eigenvalue weighted by Gasteiger charge is -2.11. The van der Waals surface area contributed by atoms with Gasteiger partial charge in [-0.25, -0.2) is 0 Å². The van der Waals surface area contributed by atoms with Crippen LogP contribution >= 0.6 is 11.8 Å². The fourth-order valence-corrected chi connectivity index (χ4v) is 3.21. The van der Waals surface area contributed by atoms with Crippen molar-refractivity contribution in [1.29, 1.82) is 0 Å². The van der Waals surface area contributed by atoms with Crippen molar-refractivity contribution < 1.29 is 4.79 Å². The Labute approximate surface area is 123 Å². The van der Waals surface area contributed by atoms with E-state index in [-0.39, 0.29) is 5.78 Å². The molecule has 0 radical (unpaired) electrons. The van der Waals surface area contributed by atoms with Crippen LogP contribution in [0, 0.1) is 0 Å². The molecule has 0 saturated carbocycles. The molecule has 3 heteroatoms. The van der Waals surface area contributed by atoms with Crippen LogP contribution in [-0.2, 0) is 0 Å². The minimum Gasteiger partial charge on any atom is -0.378 e. The van der Waals surface area contributed by atoms with Crippen LogP contribution in [-0.4, -0.2) is 19.9 Å². The van der Waals surface area contributed by atoms with Crippen LogP contribution < -0.4 is 4.90 Å². The Bertz CT molecular complexity index is 686. The average molecular weight is 281 g/mol. The predicted molar refractivity (Wildman–Crippen MR) is 85.4 cm³/mol. The number of fused-ring (bicyclic) bond motifs is 1. The van der Waals surface area contributed by atoms with Crippen molar-refractivity contribution in [3.63, 3.8) is 0 Å². The molecule has 100 valence electrons. The molecular weight excluding hydrogens is 266 g/mol. The Balaban J connectivity index is 1.89. The molecular formula is C17H15NOS. The third-order valence-corrected chi connectivity index (χ3v) is 4.38. The minimum atomic E-state index is 0.127. The molecule has 0 fully saturated rings. The standard InChI is InChI=1S/C17H15NOS/c1-18(2)13-9-7-12(8-10-13)11-16-17(19)14-5-3-4-6-15(14)20-16/h3-11H,1-2H3/b16-11+. The van der Waals surface area contributed by atoms with E-state index in [9.17, 15) is 4.79 Å². The van der Waals surface area contributed by atoms with Crippen LogP contribution in [0.1, 0.15) is 15.9 Å². The van der Waals surface area contributed by atoms with E-state index >= 15 is 0 Å². The SMILES string of the molecule is CN(C)c1ccc(/C=C2/Sc3ccccc3C2=O)cc1. The van der Waals surface area contributed by atoms with Gasteiger partial charge in [0.1, 0.15) is 0 Å². The van der Waals surface area contributed by atoms with E-state index < -0.39 is 0 Å². The number of allylic oxidation sites excluding steroid dienone is 1. The van der Waals surface area contributed by atoms with Gasteiger partial charge in [-0.3, -0.25) is 4.79 Å². The molecule has 2 aromatic rings. The molecule has 0 saturated heterocycles. The largest absolute Gasteiger partial charge is 0.378 e. The molecule has 0 aliphatic carbocycles.